The minimum Gasteiger partial charge on any atom is -0.347 e. The van der Waals surface area contributed by atoms with Crippen LogP contribution in [0, 0.1) is 0 Å². The number of carbonyl (C=O) groups is 1. The molecular formula is C19H20ClN3O. The number of carbonyl (C=O) groups excluding carboxylic acids is 1. The lowest BCUT2D eigenvalue weighted by Crippen LogP contribution is -2.45. The van der Waals surface area contributed by atoms with Gasteiger partial charge < -0.3 is 9.88 Å². The monoisotopic (exact) mass is 341 g/mol. The van der Waals surface area contributed by atoms with Crippen molar-refractivity contribution in [3.63, 3.8) is 0 Å². The first-order valence-corrected chi connectivity index (χ1v) is 8.20. The molecule has 1 amide bonds. The molecule has 0 saturated carbocycles. The highest BCUT2D eigenvalue weighted by atomic mass is 35.5. The van der Waals surface area contributed by atoms with Crippen LogP contribution in [0.1, 0.15) is 29.8 Å². The Bertz CT molecular complexity index is 899. The van der Waals surface area contributed by atoms with Crippen LogP contribution >= 0.6 is 11.6 Å². The summed E-state index contributed by atoms with van der Waals surface area (Å²) < 4.78 is 1.93. The predicted octanol–water partition coefficient (Wildman–Crippen LogP) is 3.98. The number of aromatic nitrogens is 2. The number of nitrogens with one attached hydrogen (secondary N) is 1. The van der Waals surface area contributed by atoms with E-state index in [1.54, 1.807) is 6.20 Å². The van der Waals surface area contributed by atoms with Crippen molar-refractivity contribution in [3.8, 4) is 0 Å². The fourth-order valence-electron chi connectivity index (χ4n) is 2.86. The average Bonchev–Trinajstić information content (AvgIpc) is 2.87. The summed E-state index contributed by atoms with van der Waals surface area (Å²) in [5.74, 6) is -0.125. The number of amides is 1. The van der Waals surface area contributed by atoms with Gasteiger partial charge in [-0.05, 0) is 50.1 Å². The molecule has 0 spiro atoms. The lowest BCUT2D eigenvalue weighted by Gasteiger charge is -2.26. The van der Waals surface area contributed by atoms with Crippen LogP contribution in [-0.4, -0.2) is 21.0 Å². The highest BCUT2D eigenvalue weighted by Crippen LogP contribution is 2.18. The smallest absolute Gasteiger partial charge is 0.253 e. The Balaban J connectivity index is 1.76. The highest BCUT2D eigenvalue weighted by molar-refractivity contribution is 6.30. The molecule has 2 aromatic heterocycles. The van der Waals surface area contributed by atoms with E-state index in [2.05, 4.69) is 10.3 Å². The maximum absolute atomic E-state index is 12.6. The second kappa shape index (κ2) is 6.29. The summed E-state index contributed by atoms with van der Waals surface area (Å²) in [5, 5.41) is 4.74. The summed E-state index contributed by atoms with van der Waals surface area (Å²) in [6.07, 6.45) is 4.25. The minimum atomic E-state index is -0.395. The minimum absolute atomic E-state index is 0.125. The first-order valence-electron chi connectivity index (χ1n) is 7.82. The van der Waals surface area contributed by atoms with Crippen molar-refractivity contribution in [1.29, 1.82) is 0 Å². The van der Waals surface area contributed by atoms with Crippen LogP contribution < -0.4 is 5.32 Å². The average molecular weight is 342 g/mol. The molecule has 124 valence electrons. The summed E-state index contributed by atoms with van der Waals surface area (Å²) >= 11 is 6.04. The third-order valence-corrected chi connectivity index (χ3v) is 4.19. The molecule has 0 atom stereocenters. The molecule has 4 nitrogen and oxygen atoms in total. The molecule has 0 saturated heterocycles. The molecule has 1 N–H and O–H groups in total. The van der Waals surface area contributed by atoms with Gasteiger partial charge >= 0.3 is 0 Å². The molecule has 0 aliphatic heterocycles. The molecule has 1 aromatic carbocycles. The van der Waals surface area contributed by atoms with Gasteiger partial charge in [-0.3, -0.25) is 4.79 Å². The third kappa shape index (κ3) is 3.60. The fourth-order valence-corrected chi connectivity index (χ4v) is 3.07. The van der Waals surface area contributed by atoms with Crippen LogP contribution in [0.3, 0.4) is 0 Å². The zero-order valence-electron chi connectivity index (χ0n) is 14.0. The molecule has 0 aliphatic rings. The van der Waals surface area contributed by atoms with Crippen molar-refractivity contribution in [2.75, 3.05) is 0 Å². The van der Waals surface area contributed by atoms with Gasteiger partial charge in [-0.2, -0.15) is 0 Å². The number of fused-ring (bicyclic) bond motifs is 1. The van der Waals surface area contributed by atoms with Crippen LogP contribution in [0.15, 0.2) is 48.8 Å². The maximum Gasteiger partial charge on any atom is 0.253 e. The number of halogens is 1. The SMILES string of the molecule is Cn1ccc2cc(C(=O)NC(C)(C)Cc3cccc(Cl)c3)cnc21. The topological polar surface area (TPSA) is 46.9 Å². The van der Waals surface area contributed by atoms with Crippen molar-refractivity contribution in [2.45, 2.75) is 25.8 Å². The van der Waals surface area contributed by atoms with Gasteiger partial charge in [0.2, 0.25) is 0 Å². The fraction of sp³-hybridized carbons (Fsp3) is 0.263. The van der Waals surface area contributed by atoms with Gasteiger partial charge in [0.1, 0.15) is 5.65 Å². The normalized spacial score (nSPS) is 11.7. The van der Waals surface area contributed by atoms with E-state index < -0.39 is 5.54 Å². The summed E-state index contributed by atoms with van der Waals surface area (Å²) in [5.41, 5.74) is 2.12. The van der Waals surface area contributed by atoms with E-state index in [1.165, 1.54) is 0 Å². The first kappa shape index (κ1) is 16.5. The van der Waals surface area contributed by atoms with Crippen molar-refractivity contribution in [2.24, 2.45) is 7.05 Å². The lowest BCUT2D eigenvalue weighted by molar-refractivity contribution is 0.0913. The van der Waals surface area contributed by atoms with E-state index in [0.29, 0.717) is 17.0 Å². The van der Waals surface area contributed by atoms with E-state index in [4.69, 9.17) is 11.6 Å². The largest absolute Gasteiger partial charge is 0.347 e. The number of hydrogen-bond donors (Lipinski definition) is 1. The third-order valence-electron chi connectivity index (χ3n) is 3.96. The van der Waals surface area contributed by atoms with Gasteiger partial charge in [0.05, 0.1) is 5.56 Å². The molecule has 3 aromatic rings. The van der Waals surface area contributed by atoms with E-state index in [9.17, 15) is 4.79 Å². The molecule has 0 bridgehead atoms. The van der Waals surface area contributed by atoms with E-state index in [0.717, 1.165) is 16.6 Å². The van der Waals surface area contributed by atoms with Crippen molar-refractivity contribution in [3.05, 3.63) is 64.9 Å². The van der Waals surface area contributed by atoms with E-state index >= 15 is 0 Å². The van der Waals surface area contributed by atoms with Crippen molar-refractivity contribution < 1.29 is 4.79 Å². The zero-order chi connectivity index (χ0) is 17.3. The molecular weight excluding hydrogens is 322 g/mol. The van der Waals surface area contributed by atoms with E-state index in [-0.39, 0.29) is 5.91 Å². The van der Waals surface area contributed by atoms with Gasteiger partial charge in [-0.15, -0.1) is 0 Å². The number of hydrogen-bond acceptors (Lipinski definition) is 2. The number of benzene rings is 1. The lowest BCUT2D eigenvalue weighted by atomic mass is 9.94. The van der Waals surface area contributed by atoms with Crippen molar-refractivity contribution in [1.82, 2.24) is 14.9 Å². The zero-order valence-corrected chi connectivity index (χ0v) is 14.8. The Morgan fingerprint density at radius 3 is 2.83 bits per heavy atom. The summed E-state index contributed by atoms with van der Waals surface area (Å²) in [4.78, 5) is 17.0. The predicted molar refractivity (Wildman–Crippen MR) is 97.4 cm³/mol. The molecule has 0 unspecified atom stereocenters. The Labute approximate surface area is 146 Å². The van der Waals surface area contributed by atoms with Gasteiger partial charge in [-0.1, -0.05) is 23.7 Å². The van der Waals surface area contributed by atoms with Crippen LogP contribution in [-0.2, 0) is 13.5 Å². The Morgan fingerprint density at radius 1 is 1.29 bits per heavy atom. The second-order valence-corrected chi connectivity index (χ2v) is 7.14. The Hall–Kier alpha value is -2.33. The van der Waals surface area contributed by atoms with Crippen LogP contribution in [0.25, 0.3) is 11.0 Å². The molecule has 2 heterocycles. The number of pyridine rings is 1. The quantitative estimate of drug-likeness (QED) is 0.780. The molecule has 0 fully saturated rings. The summed E-state index contributed by atoms with van der Waals surface area (Å²) in [7, 11) is 1.93. The van der Waals surface area contributed by atoms with Crippen LogP contribution in [0.5, 0.6) is 0 Å². The highest BCUT2D eigenvalue weighted by Gasteiger charge is 2.22. The summed E-state index contributed by atoms with van der Waals surface area (Å²) in [6.45, 7) is 4.00. The number of rotatable bonds is 4. The maximum atomic E-state index is 12.6. The van der Waals surface area contributed by atoms with Gasteiger partial charge in [-0.25, -0.2) is 4.98 Å². The van der Waals surface area contributed by atoms with Crippen molar-refractivity contribution >= 4 is 28.5 Å². The van der Waals surface area contributed by atoms with Gasteiger partial charge in [0, 0.05) is 35.4 Å². The molecule has 0 radical (unpaired) electrons. The number of nitrogens with zero attached hydrogens (tertiary/aromatic N) is 2. The molecule has 0 aliphatic carbocycles. The summed E-state index contributed by atoms with van der Waals surface area (Å²) in [6, 6.07) is 11.5. The standard InChI is InChI=1S/C19H20ClN3O/c1-19(2,11-13-5-4-6-16(20)9-13)22-18(24)15-10-14-7-8-23(3)17(14)21-12-15/h4-10,12H,11H2,1-3H3,(H,22,24). The Morgan fingerprint density at radius 2 is 2.08 bits per heavy atom. The molecule has 24 heavy (non-hydrogen) atoms. The first-order chi connectivity index (χ1) is 11.3. The van der Waals surface area contributed by atoms with E-state index in [1.807, 2.05) is 68.1 Å². The Kier molecular flexibility index (Phi) is 4.33. The van der Waals surface area contributed by atoms with Crippen LogP contribution in [0.2, 0.25) is 5.02 Å². The number of aryl methyl sites for hydroxylation is 1. The van der Waals surface area contributed by atoms with Gasteiger partial charge in [0.15, 0.2) is 0 Å². The van der Waals surface area contributed by atoms with Gasteiger partial charge in [0.25, 0.3) is 5.91 Å². The second-order valence-electron chi connectivity index (χ2n) is 6.71. The molecule has 5 heteroatoms. The molecule has 3 rings (SSSR count). The van der Waals surface area contributed by atoms with Crippen LogP contribution in [0.4, 0.5) is 0 Å².